The molecule has 4 heteroatoms. The van der Waals surface area contributed by atoms with E-state index in [1.807, 2.05) is 0 Å². The minimum atomic E-state index is 0.179. The van der Waals surface area contributed by atoms with Crippen LogP contribution >= 0.6 is 11.6 Å². The zero-order valence-corrected chi connectivity index (χ0v) is 13.1. The van der Waals surface area contributed by atoms with Crippen LogP contribution in [-0.2, 0) is 6.54 Å². The van der Waals surface area contributed by atoms with Crippen LogP contribution in [0.4, 0.5) is 0 Å². The average Bonchev–Trinajstić information content (AvgIpc) is 2.43. The monoisotopic (exact) mass is 297 g/mol. The van der Waals surface area contributed by atoms with E-state index in [-0.39, 0.29) is 5.75 Å². The summed E-state index contributed by atoms with van der Waals surface area (Å²) in [5, 5.41) is 14.1. The molecule has 1 aromatic carbocycles. The van der Waals surface area contributed by atoms with Crippen LogP contribution in [-0.4, -0.2) is 18.8 Å². The summed E-state index contributed by atoms with van der Waals surface area (Å²) in [5.74, 6) is 0.608. The predicted octanol–water partition coefficient (Wildman–Crippen LogP) is 4.11. The molecule has 0 unspecified atom stereocenters. The Bertz CT molecular complexity index is 456. The minimum absolute atomic E-state index is 0.179. The molecule has 2 rings (SSSR count). The van der Waals surface area contributed by atoms with E-state index in [1.54, 1.807) is 12.1 Å². The van der Waals surface area contributed by atoms with Crippen LogP contribution in [0.3, 0.4) is 0 Å². The molecule has 112 valence electrons. The van der Waals surface area contributed by atoms with Gasteiger partial charge in [-0.3, -0.25) is 0 Å². The van der Waals surface area contributed by atoms with Crippen molar-refractivity contribution >= 4 is 11.6 Å². The number of hydrogen-bond donors (Lipinski definition) is 2. The second-order valence-electron chi connectivity index (χ2n) is 6.09. The van der Waals surface area contributed by atoms with Gasteiger partial charge in [0.1, 0.15) is 0 Å². The van der Waals surface area contributed by atoms with Crippen LogP contribution in [0, 0.1) is 5.41 Å². The smallest absolute Gasteiger partial charge is 0.162 e. The van der Waals surface area contributed by atoms with Gasteiger partial charge in [0.05, 0.1) is 7.11 Å². The highest BCUT2D eigenvalue weighted by Gasteiger charge is 2.26. The molecule has 1 fully saturated rings. The summed E-state index contributed by atoms with van der Waals surface area (Å²) < 4.78 is 5.12. The standard InChI is InChI=1S/C16H24ClNO2/c1-16(6-4-3-5-7-16)11-18-10-12-8-13(17)9-14(20-2)15(12)19/h8-9,18-19H,3-7,10-11H2,1-2H3. The van der Waals surface area contributed by atoms with Crippen LogP contribution in [0.25, 0.3) is 0 Å². The summed E-state index contributed by atoms with van der Waals surface area (Å²) >= 11 is 6.04. The van der Waals surface area contributed by atoms with Crippen molar-refractivity contribution in [3.05, 3.63) is 22.7 Å². The SMILES string of the molecule is COc1cc(Cl)cc(CNCC2(C)CCCCC2)c1O. The first-order chi connectivity index (χ1) is 9.54. The molecule has 1 saturated carbocycles. The highest BCUT2D eigenvalue weighted by atomic mass is 35.5. The Kier molecular flexibility index (Phi) is 5.17. The van der Waals surface area contributed by atoms with Gasteiger partial charge in [-0.1, -0.05) is 37.8 Å². The first kappa shape index (κ1) is 15.5. The van der Waals surface area contributed by atoms with Gasteiger partial charge in [-0.15, -0.1) is 0 Å². The molecule has 0 spiro atoms. The molecule has 0 aliphatic heterocycles. The topological polar surface area (TPSA) is 41.5 Å². The third-order valence-corrected chi connectivity index (χ3v) is 4.48. The minimum Gasteiger partial charge on any atom is -0.504 e. The van der Waals surface area contributed by atoms with Gasteiger partial charge in [0.15, 0.2) is 11.5 Å². The van der Waals surface area contributed by atoms with Gasteiger partial charge in [0, 0.05) is 29.7 Å². The summed E-state index contributed by atoms with van der Waals surface area (Å²) in [5.41, 5.74) is 1.17. The maximum atomic E-state index is 10.1. The van der Waals surface area contributed by atoms with Gasteiger partial charge in [0.25, 0.3) is 0 Å². The van der Waals surface area contributed by atoms with Crippen molar-refractivity contribution in [3.63, 3.8) is 0 Å². The first-order valence-electron chi connectivity index (χ1n) is 7.30. The fourth-order valence-electron chi connectivity index (χ4n) is 3.00. The van der Waals surface area contributed by atoms with Gasteiger partial charge in [-0.05, 0) is 24.3 Å². The molecule has 0 bridgehead atoms. The van der Waals surface area contributed by atoms with Gasteiger partial charge in [-0.2, -0.15) is 0 Å². The maximum absolute atomic E-state index is 10.1. The van der Waals surface area contributed by atoms with Crippen LogP contribution in [0.1, 0.15) is 44.6 Å². The van der Waals surface area contributed by atoms with Gasteiger partial charge >= 0.3 is 0 Å². The Morgan fingerprint density at radius 3 is 2.65 bits per heavy atom. The lowest BCUT2D eigenvalue weighted by molar-refractivity contribution is 0.207. The summed E-state index contributed by atoms with van der Waals surface area (Å²) in [6, 6.07) is 3.42. The number of ether oxygens (including phenoxy) is 1. The predicted molar refractivity (Wildman–Crippen MR) is 82.6 cm³/mol. The lowest BCUT2D eigenvalue weighted by Gasteiger charge is -2.33. The van der Waals surface area contributed by atoms with Crippen molar-refractivity contribution in [2.75, 3.05) is 13.7 Å². The van der Waals surface area contributed by atoms with Crippen LogP contribution in [0.2, 0.25) is 5.02 Å². The van der Waals surface area contributed by atoms with Gasteiger partial charge in [-0.25, -0.2) is 0 Å². The van der Waals surface area contributed by atoms with Crippen molar-refractivity contribution in [2.24, 2.45) is 5.41 Å². The zero-order chi connectivity index (χ0) is 14.6. The Morgan fingerprint density at radius 2 is 2.00 bits per heavy atom. The molecule has 0 radical (unpaired) electrons. The number of aromatic hydroxyl groups is 1. The van der Waals surface area contributed by atoms with Crippen LogP contribution in [0.15, 0.2) is 12.1 Å². The Morgan fingerprint density at radius 1 is 1.30 bits per heavy atom. The number of phenols is 1. The largest absolute Gasteiger partial charge is 0.504 e. The molecule has 3 nitrogen and oxygen atoms in total. The molecule has 0 saturated heterocycles. The Balaban J connectivity index is 1.95. The van der Waals surface area contributed by atoms with E-state index >= 15 is 0 Å². The third kappa shape index (κ3) is 3.80. The van der Waals surface area contributed by atoms with E-state index in [0.29, 0.717) is 22.7 Å². The molecule has 0 atom stereocenters. The summed E-state index contributed by atoms with van der Waals surface area (Å²) in [6.07, 6.45) is 6.58. The number of halogens is 1. The fraction of sp³-hybridized carbons (Fsp3) is 0.625. The van der Waals surface area contributed by atoms with E-state index in [1.165, 1.54) is 39.2 Å². The number of rotatable bonds is 5. The third-order valence-electron chi connectivity index (χ3n) is 4.27. The lowest BCUT2D eigenvalue weighted by Crippen LogP contribution is -2.33. The van der Waals surface area contributed by atoms with E-state index in [4.69, 9.17) is 16.3 Å². The normalized spacial score (nSPS) is 17.9. The molecule has 1 aromatic rings. The summed E-state index contributed by atoms with van der Waals surface area (Å²) in [4.78, 5) is 0. The highest BCUT2D eigenvalue weighted by molar-refractivity contribution is 6.30. The van der Waals surface area contributed by atoms with Crippen molar-refractivity contribution in [1.29, 1.82) is 0 Å². The molecule has 1 aliphatic rings. The maximum Gasteiger partial charge on any atom is 0.162 e. The molecule has 0 aromatic heterocycles. The summed E-state index contributed by atoms with van der Waals surface area (Å²) in [6.45, 7) is 3.93. The average molecular weight is 298 g/mol. The quantitative estimate of drug-likeness (QED) is 0.859. The molecular formula is C16H24ClNO2. The molecule has 1 aliphatic carbocycles. The number of methoxy groups -OCH3 is 1. The van der Waals surface area contributed by atoms with Gasteiger partial charge < -0.3 is 15.2 Å². The zero-order valence-electron chi connectivity index (χ0n) is 12.3. The second kappa shape index (κ2) is 6.68. The molecule has 0 amide bonds. The van der Waals surface area contributed by atoms with E-state index < -0.39 is 0 Å². The van der Waals surface area contributed by atoms with E-state index in [0.717, 1.165) is 12.1 Å². The first-order valence-corrected chi connectivity index (χ1v) is 7.68. The molecular weight excluding hydrogens is 274 g/mol. The number of hydrogen-bond acceptors (Lipinski definition) is 3. The van der Waals surface area contributed by atoms with Crippen molar-refractivity contribution < 1.29 is 9.84 Å². The molecule has 0 heterocycles. The molecule has 20 heavy (non-hydrogen) atoms. The Hall–Kier alpha value is -0.930. The van der Waals surface area contributed by atoms with Gasteiger partial charge in [0.2, 0.25) is 0 Å². The van der Waals surface area contributed by atoms with Crippen LogP contribution < -0.4 is 10.1 Å². The second-order valence-corrected chi connectivity index (χ2v) is 6.53. The van der Waals surface area contributed by atoms with Crippen molar-refractivity contribution in [2.45, 2.75) is 45.6 Å². The fourth-order valence-corrected chi connectivity index (χ4v) is 3.23. The van der Waals surface area contributed by atoms with Crippen molar-refractivity contribution in [3.8, 4) is 11.5 Å². The number of phenolic OH excluding ortho intramolecular Hbond substituents is 1. The highest BCUT2D eigenvalue weighted by Crippen LogP contribution is 2.36. The summed E-state index contributed by atoms with van der Waals surface area (Å²) in [7, 11) is 1.53. The number of nitrogens with one attached hydrogen (secondary N) is 1. The number of benzene rings is 1. The van der Waals surface area contributed by atoms with Crippen LogP contribution in [0.5, 0.6) is 11.5 Å². The lowest BCUT2D eigenvalue weighted by atomic mass is 9.76. The Labute approximate surface area is 126 Å². The van der Waals surface area contributed by atoms with Crippen molar-refractivity contribution in [1.82, 2.24) is 5.32 Å². The molecule has 2 N–H and O–H groups in total. The van der Waals surface area contributed by atoms with E-state index in [9.17, 15) is 5.11 Å². The van der Waals surface area contributed by atoms with E-state index in [2.05, 4.69) is 12.2 Å².